The molecule has 18 heavy (non-hydrogen) atoms. The molecule has 0 radical (unpaired) electrons. The van der Waals surface area contributed by atoms with E-state index in [0.717, 1.165) is 5.56 Å². The highest BCUT2D eigenvalue weighted by Gasteiger charge is 2.47. The van der Waals surface area contributed by atoms with E-state index >= 15 is 0 Å². The summed E-state index contributed by atoms with van der Waals surface area (Å²) in [7, 11) is 0. The van der Waals surface area contributed by atoms with Crippen molar-refractivity contribution in [2.45, 2.75) is 44.4 Å². The maximum Gasteiger partial charge on any atom is 0.391 e. The molecule has 2 atom stereocenters. The molecule has 2 unspecified atom stereocenters. The zero-order chi connectivity index (χ0) is 13.4. The summed E-state index contributed by atoms with van der Waals surface area (Å²) < 4.78 is 38.3. The second kappa shape index (κ2) is 4.57. The van der Waals surface area contributed by atoms with Crippen LogP contribution in [-0.4, -0.2) is 11.3 Å². The Bertz CT molecular complexity index is 410. The van der Waals surface area contributed by atoms with Gasteiger partial charge in [0.2, 0.25) is 0 Å². The van der Waals surface area contributed by atoms with E-state index in [0.29, 0.717) is 18.4 Å². The molecule has 4 heteroatoms. The van der Waals surface area contributed by atoms with E-state index in [4.69, 9.17) is 0 Å². The van der Waals surface area contributed by atoms with E-state index in [1.54, 1.807) is 12.1 Å². The Kier molecular flexibility index (Phi) is 3.41. The van der Waals surface area contributed by atoms with Gasteiger partial charge in [-0.05, 0) is 38.2 Å². The fraction of sp³-hybridized carbons (Fsp3) is 0.571. The van der Waals surface area contributed by atoms with Crippen molar-refractivity contribution in [2.75, 3.05) is 0 Å². The first kappa shape index (κ1) is 13.4. The molecule has 1 aliphatic carbocycles. The molecule has 1 saturated carbocycles. The molecule has 0 saturated heterocycles. The van der Waals surface area contributed by atoms with Crippen LogP contribution < -0.4 is 0 Å². The smallest absolute Gasteiger partial charge is 0.385 e. The number of hydrogen-bond acceptors (Lipinski definition) is 1. The second-order valence-electron chi connectivity index (χ2n) is 5.23. The minimum Gasteiger partial charge on any atom is -0.385 e. The number of aliphatic hydroxyl groups is 1. The van der Waals surface area contributed by atoms with Crippen molar-refractivity contribution in [1.29, 1.82) is 0 Å². The lowest BCUT2D eigenvalue weighted by Crippen LogP contribution is -2.38. The summed E-state index contributed by atoms with van der Waals surface area (Å²) in [6.45, 7) is 1.91. The molecule has 1 aliphatic rings. The van der Waals surface area contributed by atoms with Gasteiger partial charge in [0.05, 0.1) is 11.5 Å². The number of benzene rings is 1. The van der Waals surface area contributed by atoms with Crippen LogP contribution in [0.4, 0.5) is 13.2 Å². The fourth-order valence-electron chi connectivity index (χ4n) is 2.66. The maximum absolute atomic E-state index is 12.8. The van der Waals surface area contributed by atoms with Crippen LogP contribution in [0.25, 0.3) is 0 Å². The lowest BCUT2D eigenvalue weighted by atomic mass is 9.74. The first-order valence-corrected chi connectivity index (χ1v) is 6.17. The summed E-state index contributed by atoms with van der Waals surface area (Å²) in [5.41, 5.74) is 0.305. The second-order valence-corrected chi connectivity index (χ2v) is 5.23. The third kappa shape index (κ3) is 2.69. The molecule has 1 aromatic rings. The summed E-state index contributed by atoms with van der Waals surface area (Å²) in [6, 6.07) is 7.11. The summed E-state index contributed by atoms with van der Waals surface area (Å²) in [5.74, 6) is -1.39. The van der Waals surface area contributed by atoms with Crippen LogP contribution in [0.5, 0.6) is 0 Å². The van der Waals surface area contributed by atoms with Gasteiger partial charge in [-0.1, -0.05) is 29.8 Å². The predicted octanol–water partition coefficient (Wildman–Crippen LogP) is 3.94. The number of hydrogen-bond donors (Lipinski definition) is 1. The molecule has 1 aromatic carbocycles. The quantitative estimate of drug-likeness (QED) is 0.809. The Morgan fingerprint density at radius 2 is 1.83 bits per heavy atom. The zero-order valence-corrected chi connectivity index (χ0v) is 10.3. The highest BCUT2D eigenvalue weighted by atomic mass is 19.4. The SMILES string of the molecule is Cc1ccc(C2(O)CCCC(C(F)(F)F)C2)cc1. The average Bonchev–Trinajstić information content (AvgIpc) is 2.28. The van der Waals surface area contributed by atoms with E-state index < -0.39 is 17.7 Å². The molecule has 0 spiro atoms. The third-order valence-corrected chi connectivity index (χ3v) is 3.78. The first-order valence-electron chi connectivity index (χ1n) is 6.17. The molecule has 0 aliphatic heterocycles. The van der Waals surface area contributed by atoms with Crippen molar-refractivity contribution in [3.05, 3.63) is 35.4 Å². The molecule has 1 nitrogen and oxygen atoms in total. The van der Waals surface area contributed by atoms with Gasteiger partial charge in [0.1, 0.15) is 0 Å². The molecule has 1 fully saturated rings. The van der Waals surface area contributed by atoms with Crippen LogP contribution >= 0.6 is 0 Å². The van der Waals surface area contributed by atoms with Gasteiger partial charge < -0.3 is 5.11 Å². The number of halogens is 3. The molecule has 0 amide bonds. The summed E-state index contributed by atoms with van der Waals surface area (Å²) in [5, 5.41) is 10.5. The predicted molar refractivity (Wildman–Crippen MR) is 63.1 cm³/mol. The fourth-order valence-corrected chi connectivity index (χ4v) is 2.66. The van der Waals surface area contributed by atoms with Gasteiger partial charge in [-0.25, -0.2) is 0 Å². The van der Waals surface area contributed by atoms with Crippen LogP contribution in [0.2, 0.25) is 0 Å². The van der Waals surface area contributed by atoms with Gasteiger partial charge in [0.25, 0.3) is 0 Å². The summed E-state index contributed by atoms with van der Waals surface area (Å²) >= 11 is 0. The lowest BCUT2D eigenvalue weighted by Gasteiger charge is -2.38. The van der Waals surface area contributed by atoms with Gasteiger partial charge in [-0.15, -0.1) is 0 Å². The zero-order valence-electron chi connectivity index (χ0n) is 10.3. The third-order valence-electron chi connectivity index (χ3n) is 3.78. The van der Waals surface area contributed by atoms with Gasteiger partial charge in [-0.3, -0.25) is 0 Å². The molecule has 0 aromatic heterocycles. The lowest BCUT2D eigenvalue weighted by molar-refractivity contribution is -0.201. The van der Waals surface area contributed by atoms with Crippen molar-refractivity contribution in [3.63, 3.8) is 0 Å². The largest absolute Gasteiger partial charge is 0.391 e. The summed E-state index contributed by atoms with van der Waals surface area (Å²) in [6.07, 6.45) is -3.49. The van der Waals surface area contributed by atoms with Crippen molar-refractivity contribution in [3.8, 4) is 0 Å². The molecule has 1 N–H and O–H groups in total. The minimum atomic E-state index is -4.21. The van der Waals surface area contributed by atoms with Crippen molar-refractivity contribution < 1.29 is 18.3 Å². The number of alkyl halides is 3. The summed E-state index contributed by atoms with van der Waals surface area (Å²) in [4.78, 5) is 0. The Morgan fingerprint density at radius 1 is 1.22 bits per heavy atom. The monoisotopic (exact) mass is 258 g/mol. The van der Waals surface area contributed by atoms with E-state index in [1.807, 2.05) is 19.1 Å². The Hall–Kier alpha value is -1.03. The van der Waals surface area contributed by atoms with E-state index in [2.05, 4.69) is 0 Å². The van der Waals surface area contributed by atoms with Gasteiger partial charge in [0, 0.05) is 0 Å². The molecule has 0 heterocycles. The number of rotatable bonds is 1. The molecular formula is C14H17F3O. The van der Waals surface area contributed by atoms with Crippen LogP contribution in [0.1, 0.15) is 36.8 Å². The Morgan fingerprint density at radius 3 is 2.39 bits per heavy atom. The first-order chi connectivity index (χ1) is 8.31. The Balaban J connectivity index is 2.22. The van der Waals surface area contributed by atoms with Crippen LogP contribution in [-0.2, 0) is 5.60 Å². The minimum absolute atomic E-state index is 0.123. The van der Waals surface area contributed by atoms with Crippen LogP contribution in [0.3, 0.4) is 0 Å². The van der Waals surface area contributed by atoms with Crippen molar-refractivity contribution >= 4 is 0 Å². The van der Waals surface area contributed by atoms with Gasteiger partial charge >= 0.3 is 6.18 Å². The molecular weight excluding hydrogens is 241 g/mol. The van der Waals surface area contributed by atoms with Crippen LogP contribution in [0.15, 0.2) is 24.3 Å². The van der Waals surface area contributed by atoms with E-state index in [9.17, 15) is 18.3 Å². The maximum atomic E-state index is 12.8. The highest BCUT2D eigenvalue weighted by molar-refractivity contribution is 5.27. The highest BCUT2D eigenvalue weighted by Crippen LogP contribution is 2.45. The average molecular weight is 258 g/mol. The van der Waals surface area contributed by atoms with E-state index in [1.165, 1.54) is 0 Å². The van der Waals surface area contributed by atoms with Gasteiger partial charge in [0.15, 0.2) is 0 Å². The normalized spacial score (nSPS) is 29.3. The molecule has 2 rings (SSSR count). The molecule has 100 valence electrons. The van der Waals surface area contributed by atoms with Crippen molar-refractivity contribution in [2.24, 2.45) is 5.92 Å². The molecule has 0 bridgehead atoms. The Labute approximate surface area is 105 Å². The van der Waals surface area contributed by atoms with E-state index in [-0.39, 0.29) is 12.8 Å². The number of aryl methyl sites for hydroxylation is 1. The topological polar surface area (TPSA) is 20.2 Å². The van der Waals surface area contributed by atoms with Gasteiger partial charge in [-0.2, -0.15) is 13.2 Å². The van der Waals surface area contributed by atoms with Crippen molar-refractivity contribution in [1.82, 2.24) is 0 Å². The standard InChI is InChI=1S/C14H17F3O/c1-10-4-6-11(7-5-10)13(18)8-2-3-12(9-13)14(15,16)17/h4-7,12,18H,2-3,8-9H2,1H3. The van der Waals surface area contributed by atoms with Crippen LogP contribution in [0, 0.1) is 12.8 Å².